The third kappa shape index (κ3) is 8.82. The van der Waals surface area contributed by atoms with Crippen LogP contribution in [0.4, 0.5) is 0 Å². The number of phenolic OH excluding ortho intramolecular Hbond substituents is 1. The van der Waals surface area contributed by atoms with E-state index in [-0.39, 0.29) is 17.5 Å². The van der Waals surface area contributed by atoms with Crippen LogP contribution in [0.2, 0.25) is 0 Å². The van der Waals surface area contributed by atoms with E-state index < -0.39 is 0 Å². The third-order valence-electron chi connectivity index (χ3n) is 5.21. The molecule has 0 saturated carbocycles. The first kappa shape index (κ1) is 26.3. The van der Waals surface area contributed by atoms with Crippen LogP contribution in [0.25, 0.3) is 0 Å². The van der Waals surface area contributed by atoms with Crippen LogP contribution >= 0.6 is 0 Å². The van der Waals surface area contributed by atoms with E-state index in [2.05, 4.69) is 15.4 Å². The molecule has 2 aromatic rings. The molecule has 0 radical (unpaired) electrons. The molecular formula is C24H36N4O5. The van der Waals surface area contributed by atoms with Crippen molar-refractivity contribution in [3.63, 3.8) is 0 Å². The van der Waals surface area contributed by atoms with Crippen LogP contribution in [0.5, 0.6) is 11.5 Å². The highest BCUT2D eigenvalue weighted by molar-refractivity contribution is 5.97. The van der Waals surface area contributed by atoms with Crippen LogP contribution in [0.1, 0.15) is 87.5 Å². The van der Waals surface area contributed by atoms with E-state index in [0.29, 0.717) is 61.7 Å². The number of esters is 1. The summed E-state index contributed by atoms with van der Waals surface area (Å²) in [6.07, 6.45) is 6.92. The maximum absolute atomic E-state index is 11.7. The summed E-state index contributed by atoms with van der Waals surface area (Å²) < 4.78 is 10.8. The van der Waals surface area contributed by atoms with E-state index in [4.69, 9.17) is 9.47 Å². The van der Waals surface area contributed by atoms with Gasteiger partial charge in [0.1, 0.15) is 11.5 Å². The Morgan fingerprint density at radius 1 is 1.06 bits per heavy atom. The van der Waals surface area contributed by atoms with Gasteiger partial charge in [0.25, 0.3) is 0 Å². The van der Waals surface area contributed by atoms with Gasteiger partial charge in [-0.1, -0.05) is 19.8 Å². The summed E-state index contributed by atoms with van der Waals surface area (Å²) in [5.74, 6) is 1.06. The molecule has 0 fully saturated rings. The lowest BCUT2D eigenvalue weighted by molar-refractivity contribution is -0.143. The number of nitrogens with zero attached hydrogens (tertiary/aromatic N) is 4. The quantitative estimate of drug-likeness (QED) is 0.226. The SMILES string of the molecule is CCCc1c(OCCCCc2nnn(CCCCCC(=O)OCC)n2)ccc(C(C)=O)c1O. The number of phenols is 1. The van der Waals surface area contributed by atoms with Crippen molar-refractivity contribution in [1.29, 1.82) is 0 Å². The van der Waals surface area contributed by atoms with Crippen molar-refractivity contribution in [2.24, 2.45) is 0 Å². The number of benzene rings is 1. The number of Topliss-reactive ketones (excluding diaryl/α,β-unsaturated/α-hetero) is 1. The number of ether oxygens (including phenoxy) is 2. The minimum absolute atomic E-state index is 0.0311. The molecule has 0 aliphatic rings. The number of ketones is 1. The van der Waals surface area contributed by atoms with Gasteiger partial charge in [0.05, 0.1) is 25.3 Å². The van der Waals surface area contributed by atoms with E-state index in [1.165, 1.54) is 6.92 Å². The lowest BCUT2D eigenvalue weighted by Gasteiger charge is -2.14. The zero-order chi connectivity index (χ0) is 24.1. The van der Waals surface area contributed by atoms with Gasteiger partial charge in [-0.25, -0.2) is 0 Å². The van der Waals surface area contributed by atoms with Crippen molar-refractivity contribution in [2.75, 3.05) is 13.2 Å². The molecule has 1 aromatic carbocycles. The number of carbonyl (C=O) groups is 2. The van der Waals surface area contributed by atoms with Crippen molar-refractivity contribution < 1.29 is 24.2 Å². The maximum Gasteiger partial charge on any atom is 0.305 e. The van der Waals surface area contributed by atoms with Gasteiger partial charge in [-0.3, -0.25) is 9.59 Å². The second-order valence-corrected chi connectivity index (χ2v) is 7.97. The average Bonchev–Trinajstić information content (AvgIpc) is 3.23. The summed E-state index contributed by atoms with van der Waals surface area (Å²) in [6.45, 7) is 6.88. The molecule has 1 N–H and O–H groups in total. The minimum atomic E-state index is -0.159. The topological polar surface area (TPSA) is 116 Å². The van der Waals surface area contributed by atoms with Crippen LogP contribution < -0.4 is 4.74 Å². The molecule has 1 heterocycles. The minimum Gasteiger partial charge on any atom is -0.507 e. The predicted molar refractivity (Wildman–Crippen MR) is 123 cm³/mol. The molecule has 33 heavy (non-hydrogen) atoms. The highest BCUT2D eigenvalue weighted by atomic mass is 16.5. The molecule has 0 aliphatic carbocycles. The highest BCUT2D eigenvalue weighted by Gasteiger charge is 2.15. The Morgan fingerprint density at radius 3 is 2.61 bits per heavy atom. The zero-order valence-corrected chi connectivity index (χ0v) is 20.0. The molecule has 9 heteroatoms. The number of aromatic hydroxyl groups is 1. The first-order valence-electron chi connectivity index (χ1n) is 11.9. The predicted octanol–water partition coefficient (Wildman–Crippen LogP) is 4.06. The number of hydrogen-bond donors (Lipinski definition) is 1. The van der Waals surface area contributed by atoms with Crippen LogP contribution in [0.3, 0.4) is 0 Å². The molecule has 182 valence electrons. The first-order valence-corrected chi connectivity index (χ1v) is 11.9. The number of tetrazole rings is 1. The number of unbranched alkanes of at least 4 members (excludes halogenated alkanes) is 3. The van der Waals surface area contributed by atoms with Gasteiger partial charge in [-0.15, -0.1) is 10.2 Å². The molecule has 0 amide bonds. The standard InChI is InChI=1S/C24H36N4O5/c1-4-11-20-21(15-14-19(18(3)29)24(20)31)33-17-10-8-12-22-25-27-28(26-22)16-9-6-7-13-23(30)32-5-2/h14-15,31H,4-13,16-17H2,1-3H3. The second kappa shape index (κ2) is 14.2. The van der Waals surface area contributed by atoms with E-state index in [9.17, 15) is 14.7 Å². The van der Waals surface area contributed by atoms with Gasteiger partial charge in [-0.05, 0) is 63.3 Å². The summed E-state index contributed by atoms with van der Waals surface area (Å²) in [4.78, 5) is 24.6. The monoisotopic (exact) mass is 460 g/mol. The number of aryl methyl sites for hydroxylation is 2. The Morgan fingerprint density at radius 2 is 1.88 bits per heavy atom. The fraction of sp³-hybridized carbons (Fsp3) is 0.625. The number of hydrogen-bond acceptors (Lipinski definition) is 8. The van der Waals surface area contributed by atoms with Crippen molar-refractivity contribution in [3.8, 4) is 11.5 Å². The molecular weight excluding hydrogens is 424 g/mol. The number of carbonyl (C=O) groups excluding carboxylic acids is 2. The Hall–Kier alpha value is -2.97. The fourth-order valence-corrected chi connectivity index (χ4v) is 3.50. The molecule has 9 nitrogen and oxygen atoms in total. The van der Waals surface area contributed by atoms with Crippen molar-refractivity contribution in [2.45, 2.75) is 85.1 Å². The smallest absolute Gasteiger partial charge is 0.305 e. The molecule has 0 saturated heterocycles. The van der Waals surface area contributed by atoms with E-state index >= 15 is 0 Å². The second-order valence-electron chi connectivity index (χ2n) is 7.97. The van der Waals surface area contributed by atoms with Crippen molar-refractivity contribution >= 4 is 11.8 Å². The molecule has 0 aliphatic heterocycles. The molecule has 2 rings (SSSR count). The maximum atomic E-state index is 11.7. The lowest BCUT2D eigenvalue weighted by atomic mass is 10.0. The Balaban J connectivity index is 1.68. The Kier molecular flexibility index (Phi) is 11.3. The van der Waals surface area contributed by atoms with Crippen LogP contribution in [0, 0.1) is 0 Å². The molecule has 0 spiro atoms. The zero-order valence-electron chi connectivity index (χ0n) is 20.0. The summed E-state index contributed by atoms with van der Waals surface area (Å²) in [5.41, 5.74) is 1.02. The third-order valence-corrected chi connectivity index (χ3v) is 5.21. The Bertz CT molecular complexity index is 897. The molecule has 0 atom stereocenters. The van der Waals surface area contributed by atoms with Crippen molar-refractivity contribution in [1.82, 2.24) is 20.2 Å². The van der Waals surface area contributed by atoms with Gasteiger partial charge in [0.15, 0.2) is 11.6 Å². The summed E-state index contributed by atoms with van der Waals surface area (Å²) in [5, 5.41) is 23.0. The average molecular weight is 461 g/mol. The van der Waals surface area contributed by atoms with Gasteiger partial charge >= 0.3 is 5.97 Å². The van der Waals surface area contributed by atoms with Gasteiger partial charge < -0.3 is 14.6 Å². The van der Waals surface area contributed by atoms with Crippen LogP contribution in [-0.4, -0.2) is 50.3 Å². The van der Waals surface area contributed by atoms with E-state index in [1.54, 1.807) is 16.9 Å². The first-order chi connectivity index (χ1) is 16.0. The van der Waals surface area contributed by atoms with Crippen molar-refractivity contribution in [3.05, 3.63) is 29.1 Å². The number of aromatic nitrogens is 4. The van der Waals surface area contributed by atoms with E-state index in [1.807, 2.05) is 13.8 Å². The summed E-state index contributed by atoms with van der Waals surface area (Å²) in [7, 11) is 0. The van der Waals surface area contributed by atoms with Gasteiger partial charge in [0, 0.05) is 18.4 Å². The van der Waals surface area contributed by atoms with Crippen LogP contribution in [0.15, 0.2) is 12.1 Å². The lowest BCUT2D eigenvalue weighted by Crippen LogP contribution is -2.05. The summed E-state index contributed by atoms with van der Waals surface area (Å²) in [6, 6.07) is 3.38. The van der Waals surface area contributed by atoms with Gasteiger partial charge in [0.2, 0.25) is 0 Å². The van der Waals surface area contributed by atoms with Crippen LogP contribution in [-0.2, 0) is 28.9 Å². The molecule has 0 unspecified atom stereocenters. The fourth-order valence-electron chi connectivity index (χ4n) is 3.50. The largest absolute Gasteiger partial charge is 0.507 e. The molecule has 1 aromatic heterocycles. The highest BCUT2D eigenvalue weighted by Crippen LogP contribution is 2.33. The van der Waals surface area contributed by atoms with Gasteiger partial charge in [-0.2, -0.15) is 4.80 Å². The number of rotatable bonds is 16. The normalized spacial score (nSPS) is 10.9. The Labute approximate surface area is 195 Å². The summed E-state index contributed by atoms with van der Waals surface area (Å²) >= 11 is 0. The van der Waals surface area contributed by atoms with E-state index in [0.717, 1.165) is 38.5 Å². The molecule has 0 bridgehead atoms.